The van der Waals surface area contributed by atoms with Crippen LogP contribution in [0.1, 0.15) is 32.3 Å². The first kappa shape index (κ1) is 24.2. The van der Waals surface area contributed by atoms with E-state index < -0.39 is 11.9 Å². The van der Waals surface area contributed by atoms with Crippen LogP contribution in [0.25, 0.3) is 0 Å². The van der Waals surface area contributed by atoms with E-state index in [1.54, 1.807) is 0 Å². The molecular formula is C18H28ClNO6. The molecule has 0 radical (unpaired) electrons. The molecule has 0 aliphatic rings. The summed E-state index contributed by atoms with van der Waals surface area (Å²) in [4.78, 5) is 18.2. The lowest BCUT2D eigenvalue weighted by atomic mass is 10.1. The molecule has 7 nitrogen and oxygen atoms in total. The third-order valence-electron chi connectivity index (χ3n) is 3.21. The van der Waals surface area contributed by atoms with Crippen molar-refractivity contribution in [3.8, 4) is 5.75 Å². The number of hydrogen-bond acceptors (Lipinski definition) is 5. The van der Waals surface area contributed by atoms with Gasteiger partial charge in [-0.25, -0.2) is 9.59 Å². The predicted molar refractivity (Wildman–Crippen MR) is 100 cm³/mol. The van der Waals surface area contributed by atoms with Crippen molar-refractivity contribution in [2.45, 2.75) is 33.1 Å². The Morgan fingerprint density at radius 2 is 1.77 bits per heavy atom. The average molecular weight is 390 g/mol. The summed E-state index contributed by atoms with van der Waals surface area (Å²) in [5.74, 6) is -2.79. The molecule has 3 N–H and O–H groups in total. The standard InChI is InChI=1S/C16H26ClNO2.C2H2O4/c1-3-5-8-18-9-10-19-11-12-20-15-6-7-16(17)14(4-2)13-15;3-1(4)2(5)6/h6-7,13,18H,3-5,8-12H2,1-2H3;(H,3,4)(H,5,6). The minimum Gasteiger partial charge on any atom is -0.491 e. The van der Waals surface area contributed by atoms with Gasteiger partial charge in [-0.2, -0.15) is 0 Å². The van der Waals surface area contributed by atoms with Gasteiger partial charge in [0.1, 0.15) is 12.4 Å². The van der Waals surface area contributed by atoms with Crippen LogP contribution in [0.4, 0.5) is 0 Å². The van der Waals surface area contributed by atoms with Gasteiger partial charge in [-0.1, -0.05) is 31.9 Å². The van der Waals surface area contributed by atoms with Crippen LogP contribution in [0.5, 0.6) is 5.75 Å². The number of aryl methyl sites for hydroxylation is 1. The zero-order valence-electron chi connectivity index (χ0n) is 15.3. The van der Waals surface area contributed by atoms with Gasteiger partial charge in [0.05, 0.1) is 13.2 Å². The third kappa shape index (κ3) is 12.5. The van der Waals surface area contributed by atoms with E-state index in [1.807, 2.05) is 18.2 Å². The van der Waals surface area contributed by atoms with Crippen molar-refractivity contribution in [3.05, 3.63) is 28.8 Å². The summed E-state index contributed by atoms with van der Waals surface area (Å²) in [6, 6.07) is 5.77. The molecule has 0 atom stereocenters. The molecule has 26 heavy (non-hydrogen) atoms. The first-order valence-electron chi connectivity index (χ1n) is 8.58. The molecule has 0 fully saturated rings. The lowest BCUT2D eigenvalue weighted by Crippen LogP contribution is -2.21. The van der Waals surface area contributed by atoms with Crippen LogP contribution >= 0.6 is 11.6 Å². The summed E-state index contributed by atoms with van der Waals surface area (Å²) in [5, 5.41) is 18.9. The molecule has 1 aromatic carbocycles. The molecule has 0 unspecified atom stereocenters. The molecule has 0 saturated heterocycles. The molecule has 148 valence electrons. The summed E-state index contributed by atoms with van der Waals surface area (Å²) < 4.78 is 11.1. The summed E-state index contributed by atoms with van der Waals surface area (Å²) >= 11 is 6.06. The summed E-state index contributed by atoms with van der Waals surface area (Å²) in [6.45, 7) is 8.16. The van der Waals surface area contributed by atoms with E-state index >= 15 is 0 Å². The number of hydrogen-bond donors (Lipinski definition) is 3. The lowest BCUT2D eigenvalue weighted by molar-refractivity contribution is -0.159. The van der Waals surface area contributed by atoms with E-state index in [4.69, 9.17) is 40.9 Å². The van der Waals surface area contributed by atoms with Crippen LogP contribution in [0.2, 0.25) is 5.02 Å². The van der Waals surface area contributed by atoms with E-state index in [-0.39, 0.29) is 0 Å². The van der Waals surface area contributed by atoms with E-state index in [1.165, 1.54) is 12.8 Å². The Kier molecular flexibility index (Phi) is 14.3. The number of unbranched alkanes of at least 4 members (excludes halogenated alkanes) is 1. The number of halogens is 1. The van der Waals surface area contributed by atoms with E-state index in [0.29, 0.717) is 13.2 Å². The SMILES string of the molecule is CCCCNCCOCCOc1ccc(Cl)c(CC)c1.O=C(O)C(=O)O. The van der Waals surface area contributed by atoms with Gasteiger partial charge >= 0.3 is 11.9 Å². The van der Waals surface area contributed by atoms with Gasteiger partial charge < -0.3 is 25.0 Å². The highest BCUT2D eigenvalue weighted by Crippen LogP contribution is 2.22. The maximum absolute atomic E-state index is 9.10. The Balaban J connectivity index is 0.000000896. The fourth-order valence-corrected chi connectivity index (χ4v) is 2.05. The third-order valence-corrected chi connectivity index (χ3v) is 3.58. The molecule has 8 heteroatoms. The van der Waals surface area contributed by atoms with Crippen molar-refractivity contribution in [1.82, 2.24) is 5.32 Å². The van der Waals surface area contributed by atoms with Crippen LogP contribution in [0.15, 0.2) is 18.2 Å². The number of carbonyl (C=O) groups is 2. The number of aliphatic carboxylic acids is 2. The predicted octanol–water partition coefficient (Wildman–Crippen LogP) is 2.84. The number of carboxylic acids is 2. The second kappa shape index (κ2) is 15.4. The summed E-state index contributed by atoms with van der Waals surface area (Å²) in [6.07, 6.45) is 3.36. The van der Waals surface area contributed by atoms with E-state index in [9.17, 15) is 0 Å². The number of benzene rings is 1. The van der Waals surface area contributed by atoms with Gasteiger partial charge in [0.15, 0.2) is 0 Å². The Labute approximate surface area is 159 Å². The van der Waals surface area contributed by atoms with Crippen molar-refractivity contribution < 1.29 is 29.3 Å². The van der Waals surface area contributed by atoms with Crippen LogP contribution in [0, 0.1) is 0 Å². The second-order valence-corrected chi connectivity index (χ2v) is 5.69. The Morgan fingerprint density at radius 3 is 2.35 bits per heavy atom. The van der Waals surface area contributed by atoms with Crippen molar-refractivity contribution in [2.75, 3.05) is 32.9 Å². The number of rotatable bonds is 11. The molecule has 0 aliphatic heterocycles. The average Bonchev–Trinajstić information content (AvgIpc) is 2.62. The normalized spacial score (nSPS) is 9.96. The molecular weight excluding hydrogens is 362 g/mol. The first-order valence-corrected chi connectivity index (χ1v) is 8.96. The van der Waals surface area contributed by atoms with Crippen LogP contribution < -0.4 is 10.1 Å². The van der Waals surface area contributed by atoms with Crippen molar-refractivity contribution >= 4 is 23.5 Å². The maximum Gasteiger partial charge on any atom is 0.414 e. The van der Waals surface area contributed by atoms with Crippen molar-refractivity contribution in [2.24, 2.45) is 0 Å². The van der Waals surface area contributed by atoms with Gasteiger partial charge in [0.2, 0.25) is 0 Å². The topological polar surface area (TPSA) is 105 Å². The molecule has 1 aromatic rings. The van der Waals surface area contributed by atoms with Gasteiger partial charge in [0, 0.05) is 11.6 Å². The zero-order valence-corrected chi connectivity index (χ0v) is 16.1. The van der Waals surface area contributed by atoms with E-state index in [0.717, 1.165) is 42.5 Å². The Hall–Kier alpha value is -1.83. The molecule has 0 saturated carbocycles. The maximum atomic E-state index is 9.10. The van der Waals surface area contributed by atoms with Gasteiger partial charge in [-0.05, 0) is 43.1 Å². The van der Waals surface area contributed by atoms with Crippen LogP contribution in [-0.2, 0) is 20.7 Å². The fourth-order valence-electron chi connectivity index (χ4n) is 1.80. The zero-order chi connectivity index (χ0) is 19.8. The smallest absolute Gasteiger partial charge is 0.414 e. The highest BCUT2D eigenvalue weighted by Gasteiger charge is 2.04. The minimum atomic E-state index is -1.82. The molecule has 0 spiro atoms. The van der Waals surface area contributed by atoms with Gasteiger partial charge in [-0.3, -0.25) is 0 Å². The second-order valence-electron chi connectivity index (χ2n) is 5.28. The molecule has 0 bridgehead atoms. The Bertz CT molecular complexity index is 526. The van der Waals surface area contributed by atoms with E-state index in [2.05, 4.69) is 19.2 Å². The van der Waals surface area contributed by atoms with Crippen molar-refractivity contribution in [3.63, 3.8) is 0 Å². The molecule has 0 aliphatic carbocycles. The largest absolute Gasteiger partial charge is 0.491 e. The fraction of sp³-hybridized carbons (Fsp3) is 0.556. The van der Waals surface area contributed by atoms with Crippen molar-refractivity contribution in [1.29, 1.82) is 0 Å². The molecule has 0 aromatic heterocycles. The van der Waals surface area contributed by atoms with Crippen LogP contribution in [-0.4, -0.2) is 55.1 Å². The first-order chi connectivity index (χ1) is 12.4. The number of nitrogens with one attached hydrogen (secondary N) is 1. The van der Waals surface area contributed by atoms with Gasteiger partial charge in [0.25, 0.3) is 0 Å². The summed E-state index contributed by atoms with van der Waals surface area (Å²) in [5.41, 5.74) is 1.12. The monoisotopic (exact) mass is 389 g/mol. The molecule has 0 amide bonds. The number of ether oxygens (including phenoxy) is 2. The molecule has 1 rings (SSSR count). The highest BCUT2D eigenvalue weighted by molar-refractivity contribution is 6.31. The lowest BCUT2D eigenvalue weighted by Gasteiger charge is -2.09. The Morgan fingerprint density at radius 1 is 1.08 bits per heavy atom. The van der Waals surface area contributed by atoms with Gasteiger partial charge in [-0.15, -0.1) is 0 Å². The van der Waals surface area contributed by atoms with Crippen LogP contribution in [0.3, 0.4) is 0 Å². The highest BCUT2D eigenvalue weighted by atomic mass is 35.5. The number of carboxylic acid groups (broad SMARTS) is 2. The minimum absolute atomic E-state index is 0.569. The summed E-state index contributed by atoms with van der Waals surface area (Å²) in [7, 11) is 0. The quantitative estimate of drug-likeness (QED) is 0.394. The molecule has 0 heterocycles.